The second-order valence-corrected chi connectivity index (χ2v) is 5.47. The van der Waals surface area contributed by atoms with E-state index in [1.807, 2.05) is 54.6 Å². The molecule has 5 nitrogen and oxygen atoms in total. The van der Waals surface area contributed by atoms with Crippen molar-refractivity contribution >= 4 is 29.1 Å². The van der Waals surface area contributed by atoms with E-state index < -0.39 is 0 Å². The molecule has 0 aliphatic heterocycles. The molecule has 2 aromatic carbocycles. The quantitative estimate of drug-likeness (QED) is 0.692. The third-order valence-corrected chi connectivity index (χ3v) is 3.79. The highest BCUT2D eigenvalue weighted by Gasteiger charge is 2.02. The molecule has 2 N–H and O–H groups in total. The van der Waals surface area contributed by atoms with Gasteiger partial charge in [0.05, 0.1) is 7.11 Å². The standard InChI is InChI=1S/C18H17ClN4O/c1-24-15-8-6-14(7-9-15)22-18-20-11-10-17(23-18)21-12-13-4-2-3-5-16(13)19/h2-11H,12H2,1H3,(H2,20,21,22,23). The first-order valence-corrected chi connectivity index (χ1v) is 7.84. The number of anilines is 3. The molecule has 0 aliphatic carbocycles. The molecule has 3 rings (SSSR count). The van der Waals surface area contributed by atoms with Gasteiger partial charge in [0, 0.05) is 23.5 Å². The Balaban J connectivity index is 1.66. The van der Waals surface area contributed by atoms with E-state index in [1.165, 1.54) is 0 Å². The van der Waals surface area contributed by atoms with Crippen molar-refractivity contribution < 1.29 is 4.74 Å². The van der Waals surface area contributed by atoms with Crippen molar-refractivity contribution in [3.63, 3.8) is 0 Å². The topological polar surface area (TPSA) is 59.1 Å². The molecule has 0 amide bonds. The Kier molecular flexibility index (Phi) is 5.13. The van der Waals surface area contributed by atoms with Crippen molar-refractivity contribution in [1.29, 1.82) is 0 Å². The van der Waals surface area contributed by atoms with Gasteiger partial charge in [-0.15, -0.1) is 0 Å². The largest absolute Gasteiger partial charge is 0.497 e. The highest BCUT2D eigenvalue weighted by molar-refractivity contribution is 6.31. The number of hydrogen-bond acceptors (Lipinski definition) is 5. The number of aromatic nitrogens is 2. The van der Waals surface area contributed by atoms with E-state index in [9.17, 15) is 0 Å². The van der Waals surface area contributed by atoms with Crippen LogP contribution in [0.25, 0.3) is 0 Å². The minimum absolute atomic E-state index is 0.518. The lowest BCUT2D eigenvalue weighted by Gasteiger charge is -2.09. The van der Waals surface area contributed by atoms with Crippen molar-refractivity contribution in [2.45, 2.75) is 6.54 Å². The summed E-state index contributed by atoms with van der Waals surface area (Å²) >= 11 is 6.16. The molecule has 0 unspecified atom stereocenters. The monoisotopic (exact) mass is 340 g/mol. The van der Waals surface area contributed by atoms with E-state index in [0.717, 1.165) is 27.8 Å². The molecule has 3 aromatic rings. The van der Waals surface area contributed by atoms with Crippen LogP contribution in [0.2, 0.25) is 5.02 Å². The van der Waals surface area contributed by atoms with Crippen molar-refractivity contribution in [2.75, 3.05) is 17.7 Å². The molecule has 1 aromatic heterocycles. The van der Waals surface area contributed by atoms with Gasteiger partial charge in [-0.1, -0.05) is 29.8 Å². The Bertz CT molecular complexity index is 808. The molecule has 24 heavy (non-hydrogen) atoms. The van der Waals surface area contributed by atoms with Gasteiger partial charge >= 0.3 is 0 Å². The zero-order chi connectivity index (χ0) is 16.8. The van der Waals surface area contributed by atoms with E-state index >= 15 is 0 Å². The predicted molar refractivity (Wildman–Crippen MR) is 97.1 cm³/mol. The highest BCUT2D eigenvalue weighted by atomic mass is 35.5. The van der Waals surface area contributed by atoms with Crippen LogP contribution in [0.4, 0.5) is 17.5 Å². The molecule has 122 valence electrons. The number of benzene rings is 2. The zero-order valence-electron chi connectivity index (χ0n) is 13.2. The summed E-state index contributed by atoms with van der Waals surface area (Å²) in [6.45, 7) is 0.596. The molecule has 0 radical (unpaired) electrons. The van der Waals surface area contributed by atoms with Crippen LogP contribution in [0.1, 0.15) is 5.56 Å². The molecule has 0 bridgehead atoms. The summed E-state index contributed by atoms with van der Waals surface area (Å²) in [7, 11) is 1.64. The van der Waals surface area contributed by atoms with Gasteiger partial charge in [-0.05, 0) is 42.0 Å². The lowest BCUT2D eigenvalue weighted by molar-refractivity contribution is 0.415. The third-order valence-electron chi connectivity index (χ3n) is 3.42. The van der Waals surface area contributed by atoms with Gasteiger partial charge in [0.25, 0.3) is 0 Å². The molecular formula is C18H17ClN4O. The van der Waals surface area contributed by atoms with Crippen LogP contribution >= 0.6 is 11.6 Å². The Labute approximate surface area is 145 Å². The summed E-state index contributed by atoms with van der Waals surface area (Å²) in [5.41, 5.74) is 1.90. The average molecular weight is 341 g/mol. The van der Waals surface area contributed by atoms with Crippen LogP contribution in [0.5, 0.6) is 5.75 Å². The van der Waals surface area contributed by atoms with Gasteiger partial charge < -0.3 is 15.4 Å². The van der Waals surface area contributed by atoms with E-state index in [4.69, 9.17) is 16.3 Å². The summed E-state index contributed by atoms with van der Waals surface area (Å²) in [6.07, 6.45) is 1.70. The third kappa shape index (κ3) is 4.14. The summed E-state index contributed by atoms with van der Waals surface area (Å²) in [5, 5.41) is 7.14. The van der Waals surface area contributed by atoms with Gasteiger partial charge in [0.15, 0.2) is 0 Å². The van der Waals surface area contributed by atoms with E-state index in [0.29, 0.717) is 12.5 Å². The smallest absolute Gasteiger partial charge is 0.229 e. The number of rotatable bonds is 6. The Morgan fingerprint density at radius 1 is 1.04 bits per heavy atom. The average Bonchev–Trinajstić information content (AvgIpc) is 2.62. The first kappa shape index (κ1) is 16.1. The maximum atomic E-state index is 6.16. The number of nitrogens with one attached hydrogen (secondary N) is 2. The van der Waals surface area contributed by atoms with Crippen LogP contribution in [-0.2, 0) is 6.54 Å². The minimum Gasteiger partial charge on any atom is -0.497 e. The molecule has 6 heteroatoms. The molecular weight excluding hydrogens is 324 g/mol. The first-order valence-electron chi connectivity index (χ1n) is 7.46. The first-order chi connectivity index (χ1) is 11.7. The lowest BCUT2D eigenvalue weighted by atomic mass is 10.2. The van der Waals surface area contributed by atoms with Crippen molar-refractivity contribution in [3.8, 4) is 5.75 Å². The van der Waals surface area contributed by atoms with Crippen molar-refractivity contribution in [3.05, 3.63) is 71.4 Å². The van der Waals surface area contributed by atoms with Crippen LogP contribution in [0.3, 0.4) is 0 Å². The molecule has 0 spiro atoms. The summed E-state index contributed by atoms with van der Waals surface area (Å²) in [6, 6.07) is 17.1. The number of halogens is 1. The van der Waals surface area contributed by atoms with Gasteiger partial charge in [-0.25, -0.2) is 4.98 Å². The predicted octanol–water partition coefficient (Wildman–Crippen LogP) is 4.49. The maximum absolute atomic E-state index is 6.16. The van der Waals surface area contributed by atoms with Gasteiger partial charge in [0.2, 0.25) is 5.95 Å². The van der Waals surface area contributed by atoms with Crippen LogP contribution in [-0.4, -0.2) is 17.1 Å². The molecule has 0 saturated carbocycles. The highest BCUT2D eigenvalue weighted by Crippen LogP contribution is 2.19. The van der Waals surface area contributed by atoms with E-state index in [1.54, 1.807) is 13.3 Å². The minimum atomic E-state index is 0.518. The van der Waals surface area contributed by atoms with Crippen molar-refractivity contribution in [2.24, 2.45) is 0 Å². The lowest BCUT2D eigenvalue weighted by Crippen LogP contribution is -2.04. The van der Waals surface area contributed by atoms with Crippen LogP contribution < -0.4 is 15.4 Å². The second-order valence-electron chi connectivity index (χ2n) is 5.06. The summed E-state index contributed by atoms with van der Waals surface area (Å²) in [4.78, 5) is 8.68. The molecule has 0 aliphatic rings. The van der Waals surface area contributed by atoms with E-state index in [2.05, 4.69) is 20.6 Å². The fourth-order valence-corrected chi connectivity index (χ4v) is 2.35. The van der Waals surface area contributed by atoms with Gasteiger partial charge in [0.1, 0.15) is 11.6 Å². The number of methoxy groups -OCH3 is 1. The molecule has 0 atom stereocenters. The fraction of sp³-hybridized carbons (Fsp3) is 0.111. The molecule has 0 fully saturated rings. The Morgan fingerprint density at radius 2 is 1.83 bits per heavy atom. The number of hydrogen-bond donors (Lipinski definition) is 2. The molecule has 0 saturated heterocycles. The normalized spacial score (nSPS) is 10.2. The van der Waals surface area contributed by atoms with Crippen LogP contribution in [0, 0.1) is 0 Å². The van der Waals surface area contributed by atoms with Gasteiger partial charge in [-0.3, -0.25) is 0 Å². The zero-order valence-corrected chi connectivity index (χ0v) is 13.9. The Hall–Kier alpha value is -2.79. The summed E-state index contributed by atoms with van der Waals surface area (Å²) < 4.78 is 5.14. The summed E-state index contributed by atoms with van der Waals surface area (Å²) in [5.74, 6) is 2.04. The second kappa shape index (κ2) is 7.66. The van der Waals surface area contributed by atoms with Gasteiger partial charge in [-0.2, -0.15) is 4.98 Å². The number of ether oxygens (including phenoxy) is 1. The Morgan fingerprint density at radius 3 is 2.58 bits per heavy atom. The maximum Gasteiger partial charge on any atom is 0.229 e. The SMILES string of the molecule is COc1ccc(Nc2nccc(NCc3ccccc3Cl)n2)cc1. The number of nitrogens with zero attached hydrogens (tertiary/aromatic N) is 2. The fourth-order valence-electron chi connectivity index (χ4n) is 2.15. The van der Waals surface area contributed by atoms with Crippen molar-refractivity contribution in [1.82, 2.24) is 9.97 Å². The van der Waals surface area contributed by atoms with Crippen LogP contribution in [0.15, 0.2) is 60.8 Å². The molecule has 1 heterocycles. The van der Waals surface area contributed by atoms with E-state index in [-0.39, 0.29) is 0 Å².